The van der Waals surface area contributed by atoms with Crippen LogP contribution in [0.15, 0.2) is 24.3 Å². The molecule has 0 bridgehead atoms. The van der Waals surface area contributed by atoms with Gasteiger partial charge in [0.1, 0.15) is 5.82 Å². The molecule has 0 saturated carbocycles. The van der Waals surface area contributed by atoms with E-state index in [0.717, 1.165) is 18.8 Å². The Kier molecular flexibility index (Phi) is 3.84. The second-order valence-corrected chi connectivity index (χ2v) is 5.58. The number of halogens is 1. The molecule has 1 saturated heterocycles. The third-order valence-corrected chi connectivity index (χ3v) is 4.25. The summed E-state index contributed by atoms with van der Waals surface area (Å²) in [6.07, 6.45) is 0. The number of nitrogens with two attached hydrogens (primary N) is 1. The lowest BCUT2D eigenvalue weighted by molar-refractivity contribution is 0.0452. The van der Waals surface area contributed by atoms with Crippen molar-refractivity contribution in [2.45, 2.75) is 23.5 Å². The Hall–Kier alpha value is -0.580. The molecule has 2 atom stereocenters. The van der Waals surface area contributed by atoms with Crippen molar-refractivity contribution >= 4 is 11.8 Å². The maximum Gasteiger partial charge on any atom is 0.123 e. The number of rotatable bonds is 4. The minimum absolute atomic E-state index is 0.00685. The van der Waals surface area contributed by atoms with E-state index in [1.807, 2.05) is 13.0 Å². The predicted octanol–water partition coefficient (Wildman–Crippen LogP) is 2.35. The quantitative estimate of drug-likeness (QED) is 0.879. The van der Waals surface area contributed by atoms with Gasteiger partial charge in [-0.05, 0) is 24.6 Å². The van der Waals surface area contributed by atoms with Crippen LogP contribution in [0.1, 0.15) is 17.7 Å². The molecule has 1 aliphatic rings. The Bertz CT molecular complexity index is 355. The third-order valence-electron chi connectivity index (χ3n) is 2.60. The summed E-state index contributed by atoms with van der Waals surface area (Å²) < 4.78 is 18.3. The molecule has 1 aromatic rings. The van der Waals surface area contributed by atoms with Crippen LogP contribution in [0.3, 0.4) is 0 Å². The summed E-state index contributed by atoms with van der Waals surface area (Å²) in [6, 6.07) is 6.70. The molecule has 1 aromatic carbocycles. The summed E-state index contributed by atoms with van der Waals surface area (Å²) in [5.74, 6) is -0.200. The summed E-state index contributed by atoms with van der Waals surface area (Å²) in [5, 5.41) is 0.642. The fraction of sp³-hybridized carbons (Fsp3) is 0.500. The number of hydrogen-bond donors (Lipinski definition) is 1. The van der Waals surface area contributed by atoms with Crippen LogP contribution in [0.4, 0.5) is 4.39 Å². The predicted molar refractivity (Wildman–Crippen MR) is 65.0 cm³/mol. The van der Waals surface area contributed by atoms with E-state index in [1.54, 1.807) is 23.9 Å². The molecule has 0 amide bonds. The van der Waals surface area contributed by atoms with Crippen LogP contribution in [0.2, 0.25) is 0 Å². The van der Waals surface area contributed by atoms with Gasteiger partial charge in [0.25, 0.3) is 0 Å². The normalized spacial score (nSPS) is 20.2. The fourth-order valence-electron chi connectivity index (χ4n) is 1.69. The fourth-order valence-corrected chi connectivity index (χ4v) is 3.01. The average molecular weight is 241 g/mol. The van der Waals surface area contributed by atoms with Gasteiger partial charge in [-0.25, -0.2) is 4.39 Å². The first kappa shape index (κ1) is 11.9. The molecule has 0 spiro atoms. The maximum atomic E-state index is 13.1. The average Bonchev–Trinajstić information content (AvgIpc) is 2.15. The molecular formula is C12H16FNOS. The highest BCUT2D eigenvalue weighted by Crippen LogP contribution is 2.37. The Morgan fingerprint density at radius 3 is 2.75 bits per heavy atom. The van der Waals surface area contributed by atoms with Gasteiger partial charge in [0.15, 0.2) is 0 Å². The van der Waals surface area contributed by atoms with Crippen molar-refractivity contribution in [1.29, 1.82) is 0 Å². The van der Waals surface area contributed by atoms with Gasteiger partial charge in [0.2, 0.25) is 0 Å². The molecular weight excluding hydrogens is 225 g/mol. The van der Waals surface area contributed by atoms with Crippen molar-refractivity contribution in [3.63, 3.8) is 0 Å². The van der Waals surface area contributed by atoms with E-state index in [2.05, 4.69) is 0 Å². The molecule has 2 unspecified atom stereocenters. The number of hydrogen-bond acceptors (Lipinski definition) is 3. The van der Waals surface area contributed by atoms with Gasteiger partial charge in [0.05, 0.1) is 18.5 Å². The van der Waals surface area contributed by atoms with Crippen LogP contribution < -0.4 is 5.73 Å². The summed E-state index contributed by atoms with van der Waals surface area (Å²) in [5.41, 5.74) is 6.93. The van der Waals surface area contributed by atoms with E-state index >= 15 is 0 Å². The van der Waals surface area contributed by atoms with Gasteiger partial charge >= 0.3 is 0 Å². The molecule has 4 heteroatoms. The van der Waals surface area contributed by atoms with E-state index in [4.69, 9.17) is 10.5 Å². The van der Waals surface area contributed by atoms with Crippen LogP contribution in [-0.2, 0) is 4.74 Å². The van der Waals surface area contributed by atoms with Gasteiger partial charge < -0.3 is 10.5 Å². The Balaban J connectivity index is 2.11. The van der Waals surface area contributed by atoms with Crippen LogP contribution in [0.25, 0.3) is 0 Å². The first-order valence-corrected chi connectivity index (χ1v) is 6.35. The smallest absolute Gasteiger partial charge is 0.123 e. The first-order valence-electron chi connectivity index (χ1n) is 5.41. The zero-order valence-corrected chi connectivity index (χ0v) is 10.0. The van der Waals surface area contributed by atoms with Crippen molar-refractivity contribution in [2.24, 2.45) is 5.73 Å². The van der Waals surface area contributed by atoms with Crippen LogP contribution >= 0.6 is 11.8 Å². The van der Waals surface area contributed by atoms with Crippen LogP contribution in [0, 0.1) is 5.82 Å². The van der Waals surface area contributed by atoms with Crippen molar-refractivity contribution < 1.29 is 9.13 Å². The Morgan fingerprint density at radius 2 is 2.25 bits per heavy atom. The minimum atomic E-state index is -0.200. The monoisotopic (exact) mass is 241 g/mol. The van der Waals surface area contributed by atoms with E-state index in [-0.39, 0.29) is 17.1 Å². The van der Waals surface area contributed by atoms with Crippen LogP contribution in [0.5, 0.6) is 0 Å². The zero-order chi connectivity index (χ0) is 11.5. The highest BCUT2D eigenvalue weighted by Gasteiger charge is 2.26. The molecule has 0 aromatic heterocycles. The van der Waals surface area contributed by atoms with Crippen molar-refractivity contribution in [3.8, 4) is 0 Å². The molecule has 2 N–H and O–H groups in total. The molecule has 0 aliphatic carbocycles. The molecule has 1 fully saturated rings. The second-order valence-electron chi connectivity index (χ2n) is 4.13. The van der Waals surface area contributed by atoms with Gasteiger partial charge in [-0.1, -0.05) is 12.1 Å². The topological polar surface area (TPSA) is 35.2 Å². The molecule has 88 valence electrons. The van der Waals surface area contributed by atoms with Crippen molar-refractivity contribution in [1.82, 2.24) is 0 Å². The van der Waals surface area contributed by atoms with E-state index in [9.17, 15) is 4.39 Å². The lowest BCUT2D eigenvalue weighted by atomic mass is 10.1. The highest BCUT2D eigenvalue weighted by atomic mass is 32.2. The van der Waals surface area contributed by atoms with Gasteiger partial charge in [0, 0.05) is 11.3 Å². The first-order chi connectivity index (χ1) is 7.66. The zero-order valence-electron chi connectivity index (χ0n) is 9.23. The van der Waals surface area contributed by atoms with Gasteiger partial charge in [-0.15, -0.1) is 11.8 Å². The number of ether oxygens (including phenoxy) is 1. The number of benzene rings is 1. The van der Waals surface area contributed by atoms with Crippen LogP contribution in [-0.4, -0.2) is 24.5 Å². The molecule has 1 aliphatic heterocycles. The standard InChI is InChI=1S/C12H16FNOS/c1-8(14)12(16-11-6-15-7-11)9-3-2-4-10(13)5-9/h2-5,8,11-12H,6-7,14H2,1H3. The SMILES string of the molecule is CC(N)C(SC1COC1)c1cccc(F)c1. The summed E-state index contributed by atoms with van der Waals surface area (Å²) in [6.45, 7) is 3.52. The van der Waals surface area contributed by atoms with Gasteiger partial charge in [-0.3, -0.25) is 0 Å². The van der Waals surface area contributed by atoms with Crippen molar-refractivity contribution in [3.05, 3.63) is 35.6 Å². The molecule has 1 heterocycles. The minimum Gasteiger partial charge on any atom is -0.379 e. The lowest BCUT2D eigenvalue weighted by Gasteiger charge is -2.31. The number of thioether (sulfide) groups is 1. The highest BCUT2D eigenvalue weighted by molar-refractivity contribution is 8.00. The maximum absolute atomic E-state index is 13.1. The summed E-state index contributed by atoms with van der Waals surface area (Å²) in [7, 11) is 0. The molecule has 16 heavy (non-hydrogen) atoms. The molecule has 2 rings (SSSR count). The van der Waals surface area contributed by atoms with E-state index < -0.39 is 0 Å². The second kappa shape index (κ2) is 5.17. The van der Waals surface area contributed by atoms with Crippen molar-refractivity contribution in [2.75, 3.05) is 13.2 Å². The summed E-state index contributed by atoms with van der Waals surface area (Å²) in [4.78, 5) is 0. The van der Waals surface area contributed by atoms with E-state index in [1.165, 1.54) is 6.07 Å². The summed E-state index contributed by atoms with van der Waals surface area (Å²) >= 11 is 1.78. The molecule has 2 nitrogen and oxygen atoms in total. The Morgan fingerprint density at radius 1 is 1.50 bits per heavy atom. The Labute approximate surface area is 99.4 Å². The lowest BCUT2D eigenvalue weighted by Crippen LogP contribution is -2.34. The molecule has 0 radical (unpaired) electrons. The largest absolute Gasteiger partial charge is 0.379 e. The van der Waals surface area contributed by atoms with E-state index in [0.29, 0.717) is 5.25 Å². The third kappa shape index (κ3) is 2.75. The van der Waals surface area contributed by atoms with Gasteiger partial charge in [-0.2, -0.15) is 0 Å².